The van der Waals surface area contributed by atoms with E-state index in [-0.39, 0.29) is 24.0 Å². The molecule has 0 radical (unpaired) electrons. The van der Waals surface area contributed by atoms with Crippen LogP contribution in [0.25, 0.3) is 0 Å². The zero-order chi connectivity index (χ0) is 14.0. The Morgan fingerprint density at radius 2 is 1.29 bits per heavy atom. The van der Waals surface area contributed by atoms with Crippen molar-refractivity contribution < 1.29 is 19.8 Å². The van der Waals surface area contributed by atoms with Gasteiger partial charge < -0.3 is 10.2 Å². The van der Waals surface area contributed by atoms with Crippen molar-refractivity contribution in [1.29, 1.82) is 0 Å². The summed E-state index contributed by atoms with van der Waals surface area (Å²) >= 11 is 0. The third-order valence-corrected chi connectivity index (χ3v) is 1.94. The van der Waals surface area contributed by atoms with Gasteiger partial charge in [0.1, 0.15) is 0 Å². The molecule has 0 rings (SSSR count). The second-order valence-electron chi connectivity index (χ2n) is 3.32. The normalized spacial score (nSPS) is 10.5. The minimum atomic E-state index is -1.14. The average Bonchev–Trinajstić information content (AvgIpc) is 2.25. The van der Waals surface area contributed by atoms with Crippen LogP contribution in [-0.2, 0) is 9.59 Å². The Morgan fingerprint density at radius 1 is 1.06 bits per heavy atom. The van der Waals surface area contributed by atoms with Gasteiger partial charge in [0.05, 0.1) is 0 Å². The molecule has 2 N–H and O–H groups in total. The van der Waals surface area contributed by atoms with Crippen molar-refractivity contribution in [2.24, 2.45) is 0 Å². The summed E-state index contributed by atoms with van der Waals surface area (Å²) in [5.74, 6) is -2.28. The van der Waals surface area contributed by atoms with Crippen LogP contribution in [0, 0.1) is 0 Å². The van der Waals surface area contributed by atoms with Crippen molar-refractivity contribution >= 4 is 11.9 Å². The minimum Gasteiger partial charge on any atom is -0.478 e. The van der Waals surface area contributed by atoms with Crippen LogP contribution in [0.5, 0.6) is 0 Å². The fourth-order valence-electron chi connectivity index (χ4n) is 0.987. The Kier molecular flexibility index (Phi) is 9.70. The molecule has 0 saturated heterocycles. The van der Waals surface area contributed by atoms with E-state index in [9.17, 15) is 9.59 Å². The van der Waals surface area contributed by atoms with Gasteiger partial charge in [0.2, 0.25) is 0 Å². The van der Waals surface area contributed by atoms with Gasteiger partial charge in [-0.05, 0) is 19.8 Å². The summed E-state index contributed by atoms with van der Waals surface area (Å²) in [5, 5.41) is 17.2. The molecule has 0 spiro atoms. The van der Waals surface area contributed by atoms with Crippen molar-refractivity contribution in [3.63, 3.8) is 0 Å². The first-order valence-electron chi connectivity index (χ1n) is 5.28. The molecule has 0 aromatic rings. The lowest BCUT2D eigenvalue weighted by Crippen LogP contribution is -2.10. The maximum absolute atomic E-state index is 10.5. The van der Waals surface area contributed by atoms with Crippen LogP contribution in [-0.4, -0.2) is 22.2 Å². The third kappa shape index (κ3) is 8.02. The van der Waals surface area contributed by atoms with Crippen LogP contribution < -0.4 is 0 Å². The van der Waals surface area contributed by atoms with Gasteiger partial charge in [-0.3, -0.25) is 0 Å². The van der Waals surface area contributed by atoms with Crippen molar-refractivity contribution in [2.45, 2.75) is 33.6 Å². The SMILES string of the molecule is C=CC(=C)C.CC/C(C(=O)O)=C(/CC)C(=O)O. The summed E-state index contributed by atoms with van der Waals surface area (Å²) in [4.78, 5) is 21.0. The number of allylic oxidation sites excluding steroid dienone is 2. The molecule has 0 unspecified atom stereocenters. The van der Waals surface area contributed by atoms with E-state index in [0.29, 0.717) is 0 Å². The summed E-state index contributed by atoms with van der Waals surface area (Å²) in [6.45, 7) is 12.2. The number of hydrogen-bond acceptors (Lipinski definition) is 2. The first-order valence-corrected chi connectivity index (χ1v) is 5.28. The molecule has 0 aromatic carbocycles. The lowest BCUT2D eigenvalue weighted by atomic mass is 10.0. The minimum absolute atomic E-state index is 0.00926. The van der Waals surface area contributed by atoms with E-state index < -0.39 is 11.9 Å². The second kappa shape index (κ2) is 9.39. The van der Waals surface area contributed by atoms with E-state index in [1.807, 2.05) is 6.92 Å². The zero-order valence-corrected chi connectivity index (χ0v) is 10.6. The molecule has 96 valence electrons. The molecule has 0 saturated carbocycles. The monoisotopic (exact) mass is 240 g/mol. The highest BCUT2D eigenvalue weighted by atomic mass is 16.4. The maximum atomic E-state index is 10.5. The Hall–Kier alpha value is -1.84. The Bertz CT molecular complexity index is 313. The molecular formula is C13H20O4. The Labute approximate surface area is 102 Å². The molecule has 0 aromatic heterocycles. The number of aliphatic carboxylic acids is 2. The predicted octanol–water partition coefficient (Wildman–Crippen LogP) is 3.02. The lowest BCUT2D eigenvalue weighted by molar-refractivity contribution is -0.136. The summed E-state index contributed by atoms with van der Waals surface area (Å²) < 4.78 is 0. The van der Waals surface area contributed by atoms with Gasteiger partial charge >= 0.3 is 11.9 Å². The van der Waals surface area contributed by atoms with Gasteiger partial charge in [-0.2, -0.15) is 0 Å². The van der Waals surface area contributed by atoms with Gasteiger partial charge in [0.15, 0.2) is 0 Å². The molecule has 0 aliphatic carbocycles. The number of carboxylic acids is 2. The summed E-state index contributed by atoms with van der Waals surface area (Å²) in [7, 11) is 0. The Balaban J connectivity index is 0. The number of carbonyl (C=O) groups is 2. The highest BCUT2D eigenvalue weighted by Gasteiger charge is 2.16. The number of carboxylic acid groups (broad SMARTS) is 2. The summed E-state index contributed by atoms with van der Waals surface area (Å²) in [5.41, 5.74) is 1.00. The maximum Gasteiger partial charge on any atom is 0.332 e. The molecule has 0 fully saturated rings. The second-order valence-corrected chi connectivity index (χ2v) is 3.32. The molecule has 0 heterocycles. The zero-order valence-electron chi connectivity index (χ0n) is 10.6. The first-order chi connectivity index (χ1) is 7.81. The standard InChI is InChI=1S/C8H12O4.C5H8/c1-3-5(7(9)10)6(4-2)8(11)12;1-4-5(2)3/h3-4H2,1-2H3,(H,9,10)(H,11,12);4H,1-2H2,3H3/b6-5+;. The fraction of sp³-hybridized carbons (Fsp3) is 0.385. The van der Waals surface area contributed by atoms with Crippen LogP contribution >= 0.6 is 0 Å². The van der Waals surface area contributed by atoms with Crippen LogP contribution in [0.3, 0.4) is 0 Å². The van der Waals surface area contributed by atoms with Crippen LogP contribution in [0.1, 0.15) is 33.6 Å². The van der Waals surface area contributed by atoms with Crippen molar-refractivity contribution in [1.82, 2.24) is 0 Å². The van der Waals surface area contributed by atoms with E-state index in [1.165, 1.54) is 0 Å². The van der Waals surface area contributed by atoms with E-state index in [4.69, 9.17) is 10.2 Å². The highest BCUT2D eigenvalue weighted by molar-refractivity contribution is 5.98. The molecule has 0 bridgehead atoms. The topological polar surface area (TPSA) is 74.6 Å². The van der Waals surface area contributed by atoms with Crippen LogP contribution in [0.2, 0.25) is 0 Å². The molecule has 0 aliphatic rings. The smallest absolute Gasteiger partial charge is 0.332 e. The largest absolute Gasteiger partial charge is 0.478 e. The molecular weight excluding hydrogens is 220 g/mol. The summed E-state index contributed by atoms with van der Waals surface area (Å²) in [6, 6.07) is 0. The molecule has 17 heavy (non-hydrogen) atoms. The van der Waals surface area contributed by atoms with E-state index >= 15 is 0 Å². The molecule has 0 aliphatic heterocycles. The van der Waals surface area contributed by atoms with Crippen LogP contribution in [0.4, 0.5) is 0 Å². The van der Waals surface area contributed by atoms with Crippen LogP contribution in [0.15, 0.2) is 36.0 Å². The molecule has 0 atom stereocenters. The van der Waals surface area contributed by atoms with Gasteiger partial charge in [0, 0.05) is 11.1 Å². The lowest BCUT2D eigenvalue weighted by Gasteiger charge is -2.03. The van der Waals surface area contributed by atoms with E-state index in [1.54, 1.807) is 19.9 Å². The van der Waals surface area contributed by atoms with Crippen molar-refractivity contribution in [3.8, 4) is 0 Å². The van der Waals surface area contributed by atoms with Crippen molar-refractivity contribution in [3.05, 3.63) is 36.0 Å². The van der Waals surface area contributed by atoms with Gasteiger partial charge in [0.25, 0.3) is 0 Å². The summed E-state index contributed by atoms with van der Waals surface area (Å²) in [6.07, 6.45) is 2.20. The van der Waals surface area contributed by atoms with E-state index in [2.05, 4.69) is 13.2 Å². The molecule has 4 nitrogen and oxygen atoms in total. The van der Waals surface area contributed by atoms with E-state index in [0.717, 1.165) is 5.57 Å². The number of hydrogen-bond donors (Lipinski definition) is 2. The highest BCUT2D eigenvalue weighted by Crippen LogP contribution is 2.12. The average molecular weight is 240 g/mol. The van der Waals surface area contributed by atoms with Gasteiger partial charge in [-0.15, -0.1) is 0 Å². The number of rotatable bonds is 5. The van der Waals surface area contributed by atoms with Gasteiger partial charge in [-0.1, -0.05) is 38.7 Å². The predicted molar refractivity (Wildman–Crippen MR) is 67.9 cm³/mol. The molecule has 4 heteroatoms. The first kappa shape index (κ1) is 17.6. The molecule has 0 amide bonds. The third-order valence-electron chi connectivity index (χ3n) is 1.94. The van der Waals surface area contributed by atoms with Gasteiger partial charge in [-0.25, -0.2) is 9.59 Å². The van der Waals surface area contributed by atoms with Crippen molar-refractivity contribution in [2.75, 3.05) is 0 Å². The fourth-order valence-corrected chi connectivity index (χ4v) is 0.987. The Morgan fingerprint density at radius 3 is 1.35 bits per heavy atom. The quantitative estimate of drug-likeness (QED) is 0.572.